The van der Waals surface area contributed by atoms with Gasteiger partial charge in [0.15, 0.2) is 0 Å². The Bertz CT molecular complexity index is 450. The molecule has 1 aromatic rings. The molecule has 1 aliphatic rings. The van der Waals surface area contributed by atoms with E-state index in [9.17, 15) is 5.26 Å². The maximum absolute atomic E-state index is 9.20. The first-order valence-corrected chi connectivity index (χ1v) is 6.53. The van der Waals surface area contributed by atoms with Crippen molar-refractivity contribution < 1.29 is 0 Å². The van der Waals surface area contributed by atoms with Crippen molar-refractivity contribution in [3.8, 4) is 6.07 Å². The Morgan fingerprint density at radius 1 is 1.47 bits per heavy atom. The molecule has 1 aromatic carbocycles. The molecule has 0 aromatic heterocycles. The number of benzene rings is 1. The van der Waals surface area contributed by atoms with Crippen LogP contribution in [-0.2, 0) is 0 Å². The van der Waals surface area contributed by atoms with E-state index in [0.29, 0.717) is 17.1 Å². The molecule has 2 unspecified atom stereocenters. The predicted octanol–water partition coefficient (Wildman–Crippen LogP) is 3.98. The van der Waals surface area contributed by atoms with E-state index in [4.69, 9.17) is 11.6 Å². The molecule has 0 amide bonds. The van der Waals surface area contributed by atoms with Gasteiger partial charge in [0.05, 0.1) is 11.3 Å². The molecule has 2 nitrogen and oxygen atoms in total. The Balaban J connectivity index is 2.44. The summed E-state index contributed by atoms with van der Waals surface area (Å²) in [5.41, 5.74) is 1.72. The fourth-order valence-corrected chi connectivity index (χ4v) is 2.89. The molecule has 0 saturated carbocycles. The SMILES string of the molecule is CCC1CCC(C)N1c1cc(Cl)ccc1C#N. The summed E-state index contributed by atoms with van der Waals surface area (Å²) in [5.74, 6) is 0. The van der Waals surface area contributed by atoms with Crippen LogP contribution in [0.5, 0.6) is 0 Å². The van der Waals surface area contributed by atoms with Gasteiger partial charge in [-0.1, -0.05) is 18.5 Å². The molecular formula is C14H17ClN2. The molecule has 0 radical (unpaired) electrons. The maximum Gasteiger partial charge on any atom is 0.101 e. The predicted molar refractivity (Wildman–Crippen MR) is 71.4 cm³/mol. The van der Waals surface area contributed by atoms with Crippen LogP contribution in [-0.4, -0.2) is 12.1 Å². The van der Waals surface area contributed by atoms with Gasteiger partial charge in [0.2, 0.25) is 0 Å². The largest absolute Gasteiger partial charge is 0.365 e. The van der Waals surface area contributed by atoms with Crippen molar-refractivity contribution in [3.63, 3.8) is 0 Å². The molecule has 90 valence electrons. The lowest BCUT2D eigenvalue weighted by Gasteiger charge is -2.31. The topological polar surface area (TPSA) is 27.0 Å². The van der Waals surface area contributed by atoms with E-state index in [1.54, 1.807) is 6.07 Å². The average Bonchev–Trinajstić information content (AvgIpc) is 2.70. The summed E-state index contributed by atoms with van der Waals surface area (Å²) < 4.78 is 0. The van der Waals surface area contributed by atoms with E-state index in [-0.39, 0.29) is 0 Å². The second kappa shape index (κ2) is 4.98. The van der Waals surface area contributed by atoms with Crippen LogP contribution in [0, 0.1) is 11.3 Å². The average molecular weight is 249 g/mol. The van der Waals surface area contributed by atoms with E-state index in [1.807, 2.05) is 12.1 Å². The molecular weight excluding hydrogens is 232 g/mol. The summed E-state index contributed by atoms with van der Waals surface area (Å²) in [6.07, 6.45) is 3.51. The molecule has 1 saturated heterocycles. The molecule has 0 N–H and O–H groups in total. The Kier molecular flexibility index (Phi) is 3.59. The normalized spacial score (nSPS) is 23.8. The number of halogens is 1. The number of anilines is 1. The zero-order chi connectivity index (χ0) is 12.4. The summed E-state index contributed by atoms with van der Waals surface area (Å²) in [5, 5.41) is 9.90. The Morgan fingerprint density at radius 3 is 2.88 bits per heavy atom. The summed E-state index contributed by atoms with van der Waals surface area (Å²) in [4.78, 5) is 2.37. The minimum Gasteiger partial charge on any atom is -0.365 e. The Labute approximate surface area is 108 Å². The zero-order valence-electron chi connectivity index (χ0n) is 10.3. The van der Waals surface area contributed by atoms with Crippen LogP contribution in [0.15, 0.2) is 18.2 Å². The fraction of sp³-hybridized carbons (Fsp3) is 0.500. The molecule has 17 heavy (non-hydrogen) atoms. The highest BCUT2D eigenvalue weighted by Gasteiger charge is 2.30. The third-order valence-corrected chi connectivity index (χ3v) is 3.85. The van der Waals surface area contributed by atoms with Gasteiger partial charge in [-0.25, -0.2) is 0 Å². The molecule has 1 aliphatic heterocycles. The second-order valence-electron chi connectivity index (χ2n) is 4.67. The minimum absolute atomic E-state index is 0.491. The third-order valence-electron chi connectivity index (χ3n) is 3.62. The Hall–Kier alpha value is -1.20. The summed E-state index contributed by atoms with van der Waals surface area (Å²) in [6.45, 7) is 4.42. The van der Waals surface area contributed by atoms with E-state index in [0.717, 1.165) is 17.7 Å². The molecule has 2 atom stereocenters. The number of rotatable bonds is 2. The van der Waals surface area contributed by atoms with Crippen LogP contribution < -0.4 is 4.90 Å². The number of nitriles is 1. The van der Waals surface area contributed by atoms with Crippen LogP contribution in [0.25, 0.3) is 0 Å². The summed E-state index contributed by atoms with van der Waals surface area (Å²) in [6, 6.07) is 8.81. The van der Waals surface area contributed by atoms with Gasteiger partial charge in [-0.2, -0.15) is 5.26 Å². The first-order chi connectivity index (χ1) is 8.17. The van der Waals surface area contributed by atoms with Crippen LogP contribution >= 0.6 is 11.6 Å². The van der Waals surface area contributed by atoms with Crippen LogP contribution in [0.1, 0.15) is 38.7 Å². The van der Waals surface area contributed by atoms with Crippen LogP contribution in [0.3, 0.4) is 0 Å². The highest BCUT2D eigenvalue weighted by atomic mass is 35.5. The minimum atomic E-state index is 0.491. The van der Waals surface area contributed by atoms with Crippen molar-refractivity contribution in [2.45, 2.75) is 45.2 Å². The number of hydrogen-bond donors (Lipinski definition) is 0. The van der Waals surface area contributed by atoms with Crippen molar-refractivity contribution in [2.24, 2.45) is 0 Å². The highest BCUT2D eigenvalue weighted by Crippen LogP contribution is 2.35. The molecule has 2 rings (SSSR count). The van der Waals surface area contributed by atoms with Gasteiger partial charge in [0, 0.05) is 17.1 Å². The van der Waals surface area contributed by atoms with Gasteiger partial charge < -0.3 is 4.90 Å². The monoisotopic (exact) mass is 248 g/mol. The lowest BCUT2D eigenvalue weighted by atomic mass is 10.1. The van der Waals surface area contributed by atoms with Gasteiger partial charge in [-0.15, -0.1) is 0 Å². The van der Waals surface area contributed by atoms with Crippen LogP contribution in [0.4, 0.5) is 5.69 Å². The van der Waals surface area contributed by atoms with Crippen molar-refractivity contribution in [2.75, 3.05) is 4.90 Å². The molecule has 0 bridgehead atoms. The molecule has 1 heterocycles. The fourth-order valence-electron chi connectivity index (χ4n) is 2.72. The van der Waals surface area contributed by atoms with E-state index >= 15 is 0 Å². The van der Waals surface area contributed by atoms with Crippen molar-refractivity contribution in [1.29, 1.82) is 5.26 Å². The van der Waals surface area contributed by atoms with Gasteiger partial charge in [0.25, 0.3) is 0 Å². The number of hydrogen-bond acceptors (Lipinski definition) is 2. The lowest BCUT2D eigenvalue weighted by molar-refractivity contribution is 0.627. The summed E-state index contributed by atoms with van der Waals surface area (Å²) >= 11 is 6.05. The van der Waals surface area contributed by atoms with Crippen LogP contribution in [0.2, 0.25) is 5.02 Å². The lowest BCUT2D eigenvalue weighted by Crippen LogP contribution is -2.34. The van der Waals surface area contributed by atoms with Gasteiger partial charge in [0.1, 0.15) is 6.07 Å². The maximum atomic E-state index is 9.20. The quantitative estimate of drug-likeness (QED) is 0.792. The third kappa shape index (κ3) is 2.25. The van der Waals surface area contributed by atoms with Gasteiger partial charge in [-0.05, 0) is 44.4 Å². The molecule has 1 fully saturated rings. The van der Waals surface area contributed by atoms with Gasteiger partial charge in [-0.3, -0.25) is 0 Å². The molecule has 3 heteroatoms. The number of nitrogens with zero attached hydrogens (tertiary/aromatic N) is 2. The van der Waals surface area contributed by atoms with E-state index in [2.05, 4.69) is 24.8 Å². The van der Waals surface area contributed by atoms with Crippen molar-refractivity contribution in [1.82, 2.24) is 0 Å². The highest BCUT2D eigenvalue weighted by molar-refractivity contribution is 6.30. The first kappa shape index (κ1) is 12.3. The molecule has 0 spiro atoms. The van der Waals surface area contributed by atoms with Crippen molar-refractivity contribution in [3.05, 3.63) is 28.8 Å². The van der Waals surface area contributed by atoms with Crippen molar-refractivity contribution >= 4 is 17.3 Å². The van der Waals surface area contributed by atoms with E-state index < -0.39 is 0 Å². The van der Waals surface area contributed by atoms with E-state index in [1.165, 1.54) is 12.8 Å². The zero-order valence-corrected chi connectivity index (χ0v) is 11.0. The summed E-state index contributed by atoms with van der Waals surface area (Å²) in [7, 11) is 0. The second-order valence-corrected chi connectivity index (χ2v) is 5.11. The molecule has 0 aliphatic carbocycles. The first-order valence-electron chi connectivity index (χ1n) is 6.15. The Morgan fingerprint density at radius 2 is 2.24 bits per heavy atom. The standard InChI is InChI=1S/C14H17ClN2/c1-3-13-7-4-10(2)17(13)14-8-12(15)6-5-11(14)9-16/h5-6,8,10,13H,3-4,7H2,1-2H3. The smallest absolute Gasteiger partial charge is 0.101 e. The van der Waals surface area contributed by atoms with Gasteiger partial charge >= 0.3 is 0 Å².